The molecule has 1 aromatic heterocycles. The molecule has 0 unspecified atom stereocenters. The molecule has 6 nitrogen and oxygen atoms in total. The maximum absolute atomic E-state index is 12.4. The Morgan fingerprint density at radius 2 is 1.78 bits per heavy atom. The van der Waals surface area contributed by atoms with Crippen molar-refractivity contribution in [3.63, 3.8) is 0 Å². The highest BCUT2D eigenvalue weighted by molar-refractivity contribution is 8.00. The first-order valence-corrected chi connectivity index (χ1v) is 9.26. The molecule has 0 saturated heterocycles. The lowest BCUT2D eigenvalue weighted by molar-refractivity contribution is -0.671. The summed E-state index contributed by atoms with van der Waals surface area (Å²) >= 11 is 1.51. The minimum atomic E-state index is -0.0757. The largest absolute Gasteiger partial charge is 1.00 e. The van der Waals surface area contributed by atoms with Gasteiger partial charge < -0.3 is 17.0 Å². The fourth-order valence-corrected chi connectivity index (χ4v) is 3.05. The monoisotopic (exact) mass is 447 g/mol. The van der Waals surface area contributed by atoms with Gasteiger partial charge in [-0.3, -0.25) is 10.2 Å². The Labute approximate surface area is 173 Å². The number of aromatic nitrogens is 2. The minimum absolute atomic E-state index is 0. The number of benzene rings is 2. The topological polar surface area (TPSA) is 53.2 Å². The van der Waals surface area contributed by atoms with E-state index in [1.807, 2.05) is 95.6 Å². The van der Waals surface area contributed by atoms with Gasteiger partial charge in [-0.2, -0.15) is 5.43 Å². The molecule has 0 bridgehead atoms. The quantitative estimate of drug-likeness (QED) is 0.267. The van der Waals surface area contributed by atoms with Gasteiger partial charge in [0.05, 0.1) is 18.5 Å². The van der Waals surface area contributed by atoms with Crippen molar-refractivity contribution in [2.24, 2.45) is 7.05 Å². The van der Waals surface area contributed by atoms with Crippen LogP contribution in [0.2, 0.25) is 0 Å². The number of hydrazine groups is 2. The molecule has 27 heavy (non-hydrogen) atoms. The number of nitrogens with zero attached hydrogens (tertiary/aromatic N) is 3. The number of hydrogen-bond acceptors (Lipinski definition) is 4. The molecular weight excluding hydrogens is 426 g/mol. The van der Waals surface area contributed by atoms with Crippen LogP contribution in [0.15, 0.2) is 84.3 Å². The molecule has 0 spiro atoms. The number of nitrogens with one attached hydrogen (secondary N) is 2. The summed E-state index contributed by atoms with van der Waals surface area (Å²) in [5, 5.41) is 1.66. The lowest BCUT2D eigenvalue weighted by Crippen LogP contribution is -3.00. The van der Waals surface area contributed by atoms with Gasteiger partial charge in [0.25, 0.3) is 0 Å². The summed E-state index contributed by atoms with van der Waals surface area (Å²) in [4.78, 5) is 13.5. The molecule has 3 aromatic rings. The van der Waals surface area contributed by atoms with Crippen LogP contribution in [0.25, 0.3) is 0 Å². The van der Waals surface area contributed by atoms with Crippen molar-refractivity contribution < 1.29 is 26.3 Å². The fraction of sp³-hybridized carbons (Fsp3) is 0.158. The Hall–Kier alpha value is -2.29. The minimum Gasteiger partial charge on any atom is -1.00 e. The van der Waals surface area contributed by atoms with E-state index < -0.39 is 0 Å². The molecule has 0 fully saturated rings. The summed E-state index contributed by atoms with van der Waals surface area (Å²) in [7, 11) is 1.97. The van der Waals surface area contributed by atoms with Gasteiger partial charge in [-0.25, -0.2) is 14.3 Å². The SMILES string of the molecule is C[n+]1ccn(CNN(NC(=O)CSc2ccccc2)c2ccccc2)c1.[Br-]. The molecular formula is C19H22BrN5OS. The van der Waals surface area contributed by atoms with E-state index in [1.54, 1.807) is 5.12 Å². The number of imidazole rings is 1. The number of carbonyl (C=O) groups is 1. The summed E-state index contributed by atoms with van der Waals surface area (Å²) in [6.45, 7) is 0.530. The number of anilines is 1. The van der Waals surface area contributed by atoms with E-state index in [9.17, 15) is 4.79 Å². The molecule has 1 amide bonds. The summed E-state index contributed by atoms with van der Waals surface area (Å²) in [6.07, 6.45) is 5.89. The smallest absolute Gasteiger partial charge is 0.250 e. The van der Waals surface area contributed by atoms with E-state index >= 15 is 0 Å². The van der Waals surface area contributed by atoms with Crippen LogP contribution in [-0.2, 0) is 18.5 Å². The second-order valence-corrected chi connectivity index (χ2v) is 6.77. The average molecular weight is 448 g/mol. The van der Waals surface area contributed by atoms with Gasteiger partial charge in [0.2, 0.25) is 12.2 Å². The third-order valence-corrected chi connectivity index (χ3v) is 4.61. The Kier molecular flexibility index (Phi) is 8.38. The highest BCUT2D eigenvalue weighted by Crippen LogP contribution is 2.16. The predicted molar refractivity (Wildman–Crippen MR) is 103 cm³/mol. The molecule has 0 aliphatic carbocycles. The van der Waals surface area contributed by atoms with Crippen LogP contribution >= 0.6 is 11.8 Å². The average Bonchev–Trinajstić information content (AvgIpc) is 3.10. The number of aryl methyl sites for hydroxylation is 1. The van der Waals surface area contributed by atoms with E-state index in [0.29, 0.717) is 12.4 Å². The van der Waals surface area contributed by atoms with Crippen LogP contribution in [0.3, 0.4) is 0 Å². The highest BCUT2D eigenvalue weighted by Gasteiger charge is 2.12. The molecule has 2 aromatic carbocycles. The van der Waals surface area contributed by atoms with E-state index in [1.165, 1.54) is 11.8 Å². The Morgan fingerprint density at radius 3 is 2.41 bits per heavy atom. The molecule has 0 saturated carbocycles. The normalized spacial score (nSPS) is 10.1. The summed E-state index contributed by atoms with van der Waals surface area (Å²) in [5.74, 6) is 0.265. The zero-order valence-electron chi connectivity index (χ0n) is 15.0. The van der Waals surface area contributed by atoms with Crippen LogP contribution in [0.5, 0.6) is 0 Å². The van der Waals surface area contributed by atoms with Crippen LogP contribution in [0, 0.1) is 0 Å². The van der Waals surface area contributed by atoms with Crippen molar-refractivity contribution in [3.8, 4) is 0 Å². The number of carbonyl (C=O) groups excluding carboxylic acids is 1. The van der Waals surface area contributed by atoms with Gasteiger partial charge in [0.15, 0.2) is 6.67 Å². The van der Waals surface area contributed by atoms with Gasteiger partial charge in [-0.1, -0.05) is 36.4 Å². The lowest BCUT2D eigenvalue weighted by Gasteiger charge is -2.25. The van der Waals surface area contributed by atoms with Crippen LogP contribution in [0.1, 0.15) is 0 Å². The zero-order valence-corrected chi connectivity index (χ0v) is 17.4. The van der Waals surface area contributed by atoms with Gasteiger partial charge in [0, 0.05) is 4.90 Å². The van der Waals surface area contributed by atoms with E-state index in [-0.39, 0.29) is 22.9 Å². The van der Waals surface area contributed by atoms with E-state index in [0.717, 1.165) is 10.6 Å². The van der Waals surface area contributed by atoms with Gasteiger partial charge >= 0.3 is 0 Å². The molecule has 0 aliphatic rings. The molecule has 0 atom stereocenters. The van der Waals surface area contributed by atoms with E-state index in [2.05, 4.69) is 10.9 Å². The second-order valence-electron chi connectivity index (χ2n) is 5.72. The third kappa shape index (κ3) is 6.74. The van der Waals surface area contributed by atoms with Gasteiger partial charge in [0.1, 0.15) is 12.4 Å². The Bertz CT molecular complexity index is 828. The summed E-state index contributed by atoms with van der Waals surface area (Å²) in [6, 6.07) is 19.6. The second kappa shape index (κ2) is 10.8. The zero-order chi connectivity index (χ0) is 18.2. The first kappa shape index (κ1) is 21.0. The molecule has 0 radical (unpaired) electrons. The van der Waals surface area contributed by atoms with Crippen molar-refractivity contribution in [1.29, 1.82) is 0 Å². The standard InChI is InChI=1S/C19H21N5OS.BrH/c1-22-12-13-23(16-22)15-20-24(17-8-4-2-5-9-17)21-19(25)14-26-18-10-6-3-7-11-18;/h2-13,16,20H,14-15H2,1H3;1H. The van der Waals surface area contributed by atoms with Gasteiger partial charge in [-0.05, 0) is 24.3 Å². The van der Waals surface area contributed by atoms with E-state index in [4.69, 9.17) is 0 Å². The summed E-state index contributed by atoms with van der Waals surface area (Å²) in [5.41, 5.74) is 7.02. The Morgan fingerprint density at radius 1 is 1.11 bits per heavy atom. The molecule has 8 heteroatoms. The number of thioether (sulfide) groups is 1. The third-order valence-electron chi connectivity index (χ3n) is 3.60. The number of hydrogen-bond donors (Lipinski definition) is 2. The molecule has 1 heterocycles. The predicted octanol–water partition coefficient (Wildman–Crippen LogP) is -0.891. The van der Waals surface area contributed by atoms with Crippen molar-refractivity contribution >= 4 is 23.4 Å². The Balaban J connectivity index is 0.00000261. The molecule has 142 valence electrons. The van der Waals surface area contributed by atoms with Crippen LogP contribution in [0.4, 0.5) is 5.69 Å². The van der Waals surface area contributed by atoms with Gasteiger partial charge in [-0.15, -0.1) is 11.8 Å². The van der Waals surface area contributed by atoms with Crippen molar-refractivity contribution in [1.82, 2.24) is 15.4 Å². The number of halogens is 1. The molecule has 0 aliphatic heterocycles. The van der Waals surface area contributed by atoms with Crippen LogP contribution in [-0.4, -0.2) is 16.2 Å². The fourth-order valence-electron chi connectivity index (χ4n) is 2.34. The number of para-hydroxylation sites is 1. The lowest BCUT2D eigenvalue weighted by atomic mass is 10.3. The number of rotatable bonds is 8. The first-order valence-electron chi connectivity index (χ1n) is 8.28. The number of amides is 1. The summed E-state index contributed by atoms with van der Waals surface area (Å²) < 4.78 is 3.95. The first-order chi connectivity index (χ1) is 12.7. The highest BCUT2D eigenvalue weighted by atomic mass is 79.9. The van der Waals surface area contributed by atoms with Crippen molar-refractivity contribution in [2.45, 2.75) is 11.6 Å². The van der Waals surface area contributed by atoms with Crippen LogP contribution < -0.4 is 37.5 Å². The molecule has 3 rings (SSSR count). The maximum atomic E-state index is 12.4. The van der Waals surface area contributed by atoms with Crippen molar-refractivity contribution in [2.75, 3.05) is 10.9 Å². The van der Waals surface area contributed by atoms with Crippen molar-refractivity contribution in [3.05, 3.63) is 79.4 Å². The molecule has 2 N–H and O–H groups in total. The maximum Gasteiger partial charge on any atom is 0.250 e.